The Labute approximate surface area is 137 Å². The summed E-state index contributed by atoms with van der Waals surface area (Å²) in [7, 11) is 1.62. The van der Waals surface area contributed by atoms with Gasteiger partial charge in [0.05, 0.1) is 6.61 Å². The fourth-order valence-electron chi connectivity index (χ4n) is 3.52. The summed E-state index contributed by atoms with van der Waals surface area (Å²) in [6, 6.07) is 4.22. The second-order valence-corrected chi connectivity index (χ2v) is 6.89. The molecule has 4 atom stereocenters. The third-order valence-electron chi connectivity index (χ3n) is 4.33. The average molecular weight is 322 g/mol. The van der Waals surface area contributed by atoms with Crippen LogP contribution in [0, 0.1) is 20.8 Å². The molecular formula is C18H26O5. The molecule has 5 nitrogen and oxygen atoms in total. The van der Waals surface area contributed by atoms with E-state index in [9.17, 15) is 0 Å². The van der Waals surface area contributed by atoms with E-state index in [4.69, 9.17) is 23.7 Å². The van der Waals surface area contributed by atoms with Gasteiger partial charge in [-0.2, -0.15) is 0 Å². The van der Waals surface area contributed by atoms with Crippen LogP contribution in [-0.4, -0.2) is 44.1 Å². The van der Waals surface area contributed by atoms with Crippen molar-refractivity contribution in [1.29, 1.82) is 0 Å². The molecule has 0 radical (unpaired) electrons. The molecule has 2 aliphatic heterocycles. The summed E-state index contributed by atoms with van der Waals surface area (Å²) in [6.45, 7) is 10.4. The first kappa shape index (κ1) is 16.7. The molecule has 2 saturated heterocycles. The molecule has 1 aromatic rings. The van der Waals surface area contributed by atoms with Crippen molar-refractivity contribution < 1.29 is 23.7 Å². The normalized spacial score (nSPS) is 32.6. The molecule has 0 saturated carbocycles. The van der Waals surface area contributed by atoms with E-state index in [1.54, 1.807) is 7.11 Å². The first-order valence-electron chi connectivity index (χ1n) is 8.05. The Hall–Kier alpha value is -1.14. The molecule has 2 aliphatic rings. The Morgan fingerprint density at radius 1 is 1.09 bits per heavy atom. The Morgan fingerprint density at radius 2 is 1.74 bits per heavy atom. The lowest BCUT2D eigenvalue weighted by Gasteiger charge is -2.37. The van der Waals surface area contributed by atoms with Crippen LogP contribution in [-0.2, 0) is 18.9 Å². The molecule has 1 aromatic carbocycles. The smallest absolute Gasteiger partial charge is 0.197 e. The second kappa shape index (κ2) is 6.06. The van der Waals surface area contributed by atoms with Crippen LogP contribution in [0.3, 0.4) is 0 Å². The highest BCUT2D eigenvalue weighted by molar-refractivity contribution is 5.43. The molecule has 0 bridgehead atoms. The summed E-state index contributed by atoms with van der Waals surface area (Å²) in [5, 5.41) is 0. The highest BCUT2D eigenvalue weighted by Gasteiger charge is 2.52. The van der Waals surface area contributed by atoms with Gasteiger partial charge < -0.3 is 23.7 Å². The SMILES string of the molecule is CO[C@H]1OC[C@H]2OC(C)(C)O[C@@H]2[C@H]1Oc1c(C)cc(C)cc1C. The number of methoxy groups -OCH3 is 1. The van der Waals surface area contributed by atoms with Gasteiger partial charge in [-0.25, -0.2) is 0 Å². The van der Waals surface area contributed by atoms with E-state index in [1.807, 2.05) is 27.7 Å². The fourth-order valence-corrected chi connectivity index (χ4v) is 3.52. The molecule has 23 heavy (non-hydrogen) atoms. The van der Waals surface area contributed by atoms with Crippen molar-refractivity contribution in [2.24, 2.45) is 0 Å². The highest BCUT2D eigenvalue weighted by Crippen LogP contribution is 2.37. The quantitative estimate of drug-likeness (QED) is 0.856. The van der Waals surface area contributed by atoms with Crippen molar-refractivity contribution in [3.63, 3.8) is 0 Å². The third-order valence-corrected chi connectivity index (χ3v) is 4.33. The fraction of sp³-hybridized carbons (Fsp3) is 0.667. The average Bonchev–Trinajstić information content (AvgIpc) is 2.76. The molecule has 128 valence electrons. The van der Waals surface area contributed by atoms with Crippen LogP contribution >= 0.6 is 0 Å². The molecule has 0 amide bonds. The number of fused-ring (bicyclic) bond motifs is 1. The zero-order chi connectivity index (χ0) is 16.8. The zero-order valence-corrected chi connectivity index (χ0v) is 14.7. The van der Waals surface area contributed by atoms with Gasteiger partial charge in [-0.15, -0.1) is 0 Å². The van der Waals surface area contributed by atoms with E-state index in [0.29, 0.717) is 6.61 Å². The molecule has 0 spiro atoms. The van der Waals surface area contributed by atoms with Crippen molar-refractivity contribution in [3.05, 3.63) is 28.8 Å². The molecule has 5 heteroatoms. The van der Waals surface area contributed by atoms with Crippen molar-refractivity contribution in [2.75, 3.05) is 13.7 Å². The van der Waals surface area contributed by atoms with Gasteiger partial charge in [-0.3, -0.25) is 0 Å². The van der Waals surface area contributed by atoms with Gasteiger partial charge in [-0.05, 0) is 45.7 Å². The van der Waals surface area contributed by atoms with Crippen LogP contribution in [0.5, 0.6) is 5.75 Å². The van der Waals surface area contributed by atoms with Gasteiger partial charge in [0.15, 0.2) is 18.2 Å². The maximum atomic E-state index is 6.33. The van der Waals surface area contributed by atoms with E-state index in [2.05, 4.69) is 19.1 Å². The van der Waals surface area contributed by atoms with Crippen molar-refractivity contribution in [2.45, 2.75) is 65.0 Å². The standard InChI is InChI=1S/C18H26O5/c1-10-7-11(2)14(12(3)8-10)21-16-15-13(9-20-17(16)19-6)22-18(4,5)23-15/h7-8,13,15-17H,9H2,1-6H3/t13-,15+,16-,17+/m1/s1. The van der Waals surface area contributed by atoms with Gasteiger partial charge in [0, 0.05) is 7.11 Å². The Morgan fingerprint density at radius 3 is 2.35 bits per heavy atom. The minimum atomic E-state index is -0.639. The van der Waals surface area contributed by atoms with Gasteiger partial charge in [0.2, 0.25) is 0 Å². The lowest BCUT2D eigenvalue weighted by Crippen LogP contribution is -2.55. The van der Waals surface area contributed by atoms with Gasteiger partial charge >= 0.3 is 0 Å². The number of hydrogen-bond acceptors (Lipinski definition) is 5. The zero-order valence-electron chi connectivity index (χ0n) is 14.7. The maximum Gasteiger partial charge on any atom is 0.197 e. The molecular weight excluding hydrogens is 296 g/mol. The highest BCUT2D eigenvalue weighted by atomic mass is 16.8. The lowest BCUT2D eigenvalue weighted by atomic mass is 10.0. The van der Waals surface area contributed by atoms with E-state index in [0.717, 1.165) is 16.9 Å². The van der Waals surface area contributed by atoms with Crippen LogP contribution in [0.2, 0.25) is 0 Å². The topological polar surface area (TPSA) is 46.2 Å². The summed E-state index contributed by atoms with van der Waals surface area (Å²) in [4.78, 5) is 0. The summed E-state index contributed by atoms with van der Waals surface area (Å²) in [5.41, 5.74) is 3.41. The van der Waals surface area contributed by atoms with Crippen LogP contribution < -0.4 is 4.74 Å². The molecule has 0 unspecified atom stereocenters. The number of rotatable bonds is 3. The van der Waals surface area contributed by atoms with Crippen LogP contribution in [0.1, 0.15) is 30.5 Å². The molecule has 0 N–H and O–H groups in total. The summed E-state index contributed by atoms with van der Waals surface area (Å²) in [6.07, 6.45) is -1.22. The van der Waals surface area contributed by atoms with Gasteiger partial charge in [0.1, 0.15) is 18.0 Å². The molecule has 3 rings (SSSR count). The monoisotopic (exact) mass is 322 g/mol. The first-order chi connectivity index (χ1) is 10.8. The Balaban J connectivity index is 1.89. The second-order valence-electron chi connectivity index (χ2n) is 6.89. The Bertz CT molecular complexity index is 560. The molecule has 2 fully saturated rings. The van der Waals surface area contributed by atoms with Crippen LogP contribution in [0.4, 0.5) is 0 Å². The van der Waals surface area contributed by atoms with Crippen LogP contribution in [0.15, 0.2) is 12.1 Å². The van der Waals surface area contributed by atoms with Crippen molar-refractivity contribution >= 4 is 0 Å². The minimum Gasteiger partial charge on any atom is -0.482 e. The largest absolute Gasteiger partial charge is 0.482 e. The number of aryl methyl sites for hydroxylation is 3. The van der Waals surface area contributed by atoms with Gasteiger partial charge in [0.25, 0.3) is 0 Å². The predicted octanol–water partition coefficient (Wildman–Crippen LogP) is 2.88. The molecule has 0 aliphatic carbocycles. The Kier molecular flexibility index (Phi) is 4.40. The maximum absolute atomic E-state index is 6.33. The van der Waals surface area contributed by atoms with E-state index in [1.165, 1.54) is 5.56 Å². The summed E-state index contributed by atoms with van der Waals surface area (Å²) >= 11 is 0. The van der Waals surface area contributed by atoms with Crippen molar-refractivity contribution in [3.8, 4) is 5.75 Å². The van der Waals surface area contributed by atoms with Gasteiger partial charge in [-0.1, -0.05) is 17.7 Å². The number of benzene rings is 1. The summed E-state index contributed by atoms with van der Waals surface area (Å²) < 4.78 is 29.5. The number of ether oxygens (including phenoxy) is 5. The number of hydrogen-bond donors (Lipinski definition) is 0. The molecule has 0 aromatic heterocycles. The predicted molar refractivity (Wildman–Crippen MR) is 85.6 cm³/mol. The van der Waals surface area contributed by atoms with E-state index < -0.39 is 12.1 Å². The minimum absolute atomic E-state index is 0.146. The van der Waals surface area contributed by atoms with Crippen LogP contribution in [0.25, 0.3) is 0 Å². The first-order valence-corrected chi connectivity index (χ1v) is 8.05. The van der Waals surface area contributed by atoms with Crippen molar-refractivity contribution in [1.82, 2.24) is 0 Å². The lowest BCUT2D eigenvalue weighted by molar-refractivity contribution is -0.234. The summed E-state index contributed by atoms with van der Waals surface area (Å²) in [5.74, 6) is 0.223. The molecule has 2 heterocycles. The van der Waals surface area contributed by atoms with E-state index in [-0.39, 0.29) is 18.3 Å². The van der Waals surface area contributed by atoms with E-state index >= 15 is 0 Å². The third kappa shape index (κ3) is 3.24.